The van der Waals surface area contributed by atoms with E-state index in [0.29, 0.717) is 10.7 Å². The van der Waals surface area contributed by atoms with Crippen molar-refractivity contribution in [3.05, 3.63) is 92.0 Å². The van der Waals surface area contributed by atoms with Crippen LogP contribution in [0.1, 0.15) is 10.4 Å². The predicted octanol–water partition coefficient (Wildman–Crippen LogP) is 6.04. The molecular weight excluding hydrogens is 524 g/mol. The Hall–Kier alpha value is -3.23. The van der Waals surface area contributed by atoms with Gasteiger partial charge in [0.05, 0.1) is 21.4 Å². The highest BCUT2D eigenvalue weighted by atomic mass is 35.5. The summed E-state index contributed by atoms with van der Waals surface area (Å²) in [5, 5.41) is 15.4. The van der Waals surface area contributed by atoms with Crippen molar-refractivity contribution in [1.82, 2.24) is 0 Å². The van der Waals surface area contributed by atoms with Gasteiger partial charge in [-0.1, -0.05) is 58.5 Å². The first kappa shape index (κ1) is 23.9. The minimum atomic E-state index is -0.774. The molecule has 34 heavy (non-hydrogen) atoms. The molecule has 0 unspecified atom stereocenters. The second-order valence-electron chi connectivity index (χ2n) is 7.03. The van der Waals surface area contributed by atoms with E-state index in [4.69, 9.17) is 46.4 Å². The lowest BCUT2D eigenvalue weighted by atomic mass is 10.1. The molecule has 0 spiro atoms. The zero-order valence-electron chi connectivity index (χ0n) is 16.9. The molecule has 3 aromatic rings. The number of nitrogens with one attached hydrogen (secondary N) is 2. The molecule has 0 aromatic heterocycles. The smallest absolute Gasteiger partial charge is 0.283 e. The summed E-state index contributed by atoms with van der Waals surface area (Å²) >= 11 is 24.3. The summed E-state index contributed by atoms with van der Waals surface area (Å²) in [6, 6.07) is 14.9. The van der Waals surface area contributed by atoms with E-state index in [1.54, 1.807) is 18.2 Å². The molecule has 11 heteroatoms. The van der Waals surface area contributed by atoms with E-state index in [0.717, 1.165) is 4.90 Å². The van der Waals surface area contributed by atoms with Gasteiger partial charge in [0.1, 0.15) is 16.5 Å². The van der Waals surface area contributed by atoms with Crippen LogP contribution in [0.4, 0.5) is 17.1 Å². The van der Waals surface area contributed by atoms with Gasteiger partial charge in [-0.3, -0.25) is 14.4 Å². The summed E-state index contributed by atoms with van der Waals surface area (Å²) in [6.07, 6.45) is 0. The van der Waals surface area contributed by atoms with Crippen LogP contribution in [0.3, 0.4) is 0 Å². The largest absolute Gasteiger partial charge is 0.506 e. The standard InChI is InChI=1S/C23H13Cl4N3O4/c24-12-7-8-17(31)15(10-12)29-21(32)11-3-1-4-13(9-11)28-20-19(27)22(33)30(23(20)34)16-6-2-5-14(25)18(16)26/h1-10,28,31H,(H,29,32). The molecule has 7 nitrogen and oxygen atoms in total. The molecule has 0 bridgehead atoms. The van der Waals surface area contributed by atoms with Crippen molar-refractivity contribution in [3.8, 4) is 5.75 Å². The summed E-state index contributed by atoms with van der Waals surface area (Å²) in [5.74, 6) is -2.21. The maximum Gasteiger partial charge on any atom is 0.283 e. The quantitative estimate of drug-likeness (QED) is 0.273. The number of imide groups is 1. The average molecular weight is 537 g/mol. The highest BCUT2D eigenvalue weighted by Crippen LogP contribution is 2.37. The number of anilines is 3. The molecular formula is C23H13Cl4N3O4. The second kappa shape index (κ2) is 9.56. The maximum atomic E-state index is 13.0. The molecule has 4 rings (SSSR count). The molecule has 1 aliphatic heterocycles. The third-order valence-corrected chi connectivity index (χ3v) is 6.19. The van der Waals surface area contributed by atoms with Gasteiger partial charge < -0.3 is 15.7 Å². The van der Waals surface area contributed by atoms with E-state index in [9.17, 15) is 19.5 Å². The minimum absolute atomic E-state index is 0.0273. The van der Waals surface area contributed by atoms with Crippen molar-refractivity contribution >= 4 is 81.2 Å². The van der Waals surface area contributed by atoms with Gasteiger partial charge in [-0.05, 0) is 48.5 Å². The van der Waals surface area contributed by atoms with Crippen LogP contribution in [0.5, 0.6) is 5.75 Å². The number of aromatic hydroxyl groups is 1. The molecule has 3 aromatic carbocycles. The Labute approximate surface area is 213 Å². The zero-order valence-corrected chi connectivity index (χ0v) is 19.9. The van der Waals surface area contributed by atoms with Crippen molar-refractivity contribution in [1.29, 1.82) is 0 Å². The molecule has 3 N–H and O–H groups in total. The number of rotatable bonds is 5. The Balaban J connectivity index is 1.57. The highest BCUT2D eigenvalue weighted by Gasteiger charge is 2.40. The summed E-state index contributed by atoms with van der Waals surface area (Å²) in [4.78, 5) is 39.2. The number of hydrogen-bond acceptors (Lipinski definition) is 5. The fourth-order valence-electron chi connectivity index (χ4n) is 3.18. The number of amides is 3. The van der Waals surface area contributed by atoms with Crippen LogP contribution in [-0.4, -0.2) is 22.8 Å². The number of carbonyl (C=O) groups is 3. The van der Waals surface area contributed by atoms with Gasteiger partial charge >= 0.3 is 0 Å². The van der Waals surface area contributed by atoms with E-state index in [1.165, 1.54) is 42.5 Å². The third-order valence-electron chi connectivity index (χ3n) is 4.80. The SMILES string of the molecule is O=C(Nc1cc(Cl)ccc1O)c1cccc(NC2=C(Cl)C(=O)N(c3cccc(Cl)c3Cl)C2=O)c1. The van der Waals surface area contributed by atoms with Crippen LogP contribution < -0.4 is 15.5 Å². The van der Waals surface area contributed by atoms with Crippen molar-refractivity contribution in [2.45, 2.75) is 0 Å². The summed E-state index contributed by atoms with van der Waals surface area (Å²) in [7, 11) is 0. The fraction of sp³-hybridized carbons (Fsp3) is 0. The van der Waals surface area contributed by atoms with E-state index in [1.807, 2.05) is 0 Å². The maximum absolute atomic E-state index is 13.0. The van der Waals surface area contributed by atoms with Crippen LogP contribution in [0, 0.1) is 0 Å². The lowest BCUT2D eigenvalue weighted by Gasteiger charge is -2.17. The van der Waals surface area contributed by atoms with Gasteiger partial charge in [0.15, 0.2) is 0 Å². The monoisotopic (exact) mass is 535 g/mol. The van der Waals surface area contributed by atoms with Crippen molar-refractivity contribution in [2.24, 2.45) is 0 Å². The van der Waals surface area contributed by atoms with Gasteiger partial charge in [-0.15, -0.1) is 0 Å². The normalized spacial score (nSPS) is 13.5. The molecule has 1 aliphatic rings. The lowest BCUT2D eigenvalue weighted by molar-refractivity contribution is -0.120. The average Bonchev–Trinajstić information content (AvgIpc) is 3.01. The Bertz CT molecular complexity index is 1390. The van der Waals surface area contributed by atoms with E-state index >= 15 is 0 Å². The second-order valence-corrected chi connectivity index (χ2v) is 8.63. The first-order chi connectivity index (χ1) is 16.2. The summed E-state index contributed by atoms with van der Waals surface area (Å²) in [6.45, 7) is 0. The van der Waals surface area contributed by atoms with Gasteiger partial charge in [-0.25, -0.2) is 4.90 Å². The van der Waals surface area contributed by atoms with Crippen LogP contribution in [0.25, 0.3) is 0 Å². The molecule has 172 valence electrons. The van der Waals surface area contributed by atoms with Crippen molar-refractivity contribution in [2.75, 3.05) is 15.5 Å². The molecule has 0 radical (unpaired) electrons. The highest BCUT2D eigenvalue weighted by molar-refractivity contribution is 6.54. The Morgan fingerprint density at radius 2 is 1.62 bits per heavy atom. The number of hydrogen-bond donors (Lipinski definition) is 3. The van der Waals surface area contributed by atoms with Crippen LogP contribution in [0.15, 0.2) is 71.4 Å². The molecule has 0 fully saturated rings. The Morgan fingerprint density at radius 1 is 0.882 bits per heavy atom. The number of carbonyl (C=O) groups excluding carboxylic acids is 3. The topological polar surface area (TPSA) is 98.7 Å². The number of benzene rings is 3. The molecule has 0 saturated carbocycles. The third kappa shape index (κ3) is 4.56. The van der Waals surface area contributed by atoms with E-state index in [-0.39, 0.29) is 43.5 Å². The minimum Gasteiger partial charge on any atom is -0.506 e. The molecule has 0 aliphatic carbocycles. The van der Waals surface area contributed by atoms with Crippen molar-refractivity contribution in [3.63, 3.8) is 0 Å². The van der Waals surface area contributed by atoms with E-state index < -0.39 is 17.7 Å². The number of phenols is 1. The number of nitrogens with zero attached hydrogens (tertiary/aromatic N) is 1. The van der Waals surface area contributed by atoms with Crippen LogP contribution >= 0.6 is 46.4 Å². The Morgan fingerprint density at radius 3 is 2.38 bits per heavy atom. The zero-order chi connectivity index (χ0) is 24.6. The van der Waals surface area contributed by atoms with Crippen LogP contribution in [-0.2, 0) is 9.59 Å². The van der Waals surface area contributed by atoms with Gasteiger partial charge in [0.2, 0.25) is 0 Å². The first-order valence-electron chi connectivity index (χ1n) is 9.57. The van der Waals surface area contributed by atoms with Crippen molar-refractivity contribution < 1.29 is 19.5 Å². The predicted molar refractivity (Wildman–Crippen MR) is 133 cm³/mol. The first-order valence-corrected chi connectivity index (χ1v) is 11.1. The van der Waals surface area contributed by atoms with E-state index in [2.05, 4.69) is 10.6 Å². The molecule has 1 heterocycles. The van der Waals surface area contributed by atoms with Gasteiger partial charge in [0.25, 0.3) is 17.7 Å². The summed E-state index contributed by atoms with van der Waals surface area (Å²) < 4.78 is 0. The lowest BCUT2D eigenvalue weighted by Crippen LogP contribution is -2.32. The van der Waals surface area contributed by atoms with Crippen LogP contribution in [0.2, 0.25) is 15.1 Å². The number of phenolic OH excluding ortho intramolecular Hbond substituents is 1. The molecule has 0 atom stereocenters. The summed E-state index contributed by atoms with van der Waals surface area (Å²) in [5.41, 5.74) is 0.553. The van der Waals surface area contributed by atoms with Gasteiger partial charge in [0, 0.05) is 16.3 Å². The molecule has 3 amide bonds. The van der Waals surface area contributed by atoms with Gasteiger partial charge in [-0.2, -0.15) is 0 Å². The molecule has 0 saturated heterocycles. The fourth-order valence-corrected chi connectivity index (χ4v) is 3.95. The Kier molecular flexibility index (Phi) is 6.72. The number of halogens is 4.